The van der Waals surface area contributed by atoms with Crippen LogP contribution in [0.2, 0.25) is 0 Å². The molecule has 0 aliphatic carbocycles. The number of carbonyl (C=O) groups excluding carboxylic acids is 1. The van der Waals surface area contributed by atoms with E-state index in [1.807, 2.05) is 23.6 Å². The van der Waals surface area contributed by atoms with Crippen LogP contribution in [0.4, 0.5) is 4.39 Å². The van der Waals surface area contributed by atoms with Gasteiger partial charge in [-0.15, -0.1) is 16.4 Å². The van der Waals surface area contributed by atoms with Crippen LogP contribution < -0.4 is 0 Å². The molecule has 3 aromatic rings. The van der Waals surface area contributed by atoms with Gasteiger partial charge in [0.15, 0.2) is 6.29 Å². The van der Waals surface area contributed by atoms with E-state index in [1.54, 1.807) is 22.1 Å². The molecule has 2 aromatic heterocycles. The summed E-state index contributed by atoms with van der Waals surface area (Å²) in [7, 11) is 0. The van der Waals surface area contributed by atoms with Gasteiger partial charge in [-0.25, -0.2) is 9.07 Å². The zero-order valence-electron chi connectivity index (χ0n) is 11.1. The summed E-state index contributed by atoms with van der Waals surface area (Å²) < 4.78 is 14.9. The topological polar surface area (TPSA) is 47.8 Å². The van der Waals surface area contributed by atoms with Gasteiger partial charge in [0.25, 0.3) is 0 Å². The molecule has 0 N–H and O–H groups in total. The summed E-state index contributed by atoms with van der Waals surface area (Å²) in [6.07, 6.45) is 1.30. The lowest BCUT2D eigenvalue weighted by Crippen LogP contribution is -2.08. The molecule has 0 bridgehead atoms. The largest absolute Gasteiger partial charge is 0.296 e. The molecule has 1 aromatic carbocycles. The van der Waals surface area contributed by atoms with Crippen LogP contribution in [0.3, 0.4) is 0 Å². The minimum atomic E-state index is -0.289. The number of hydrogen-bond donors (Lipinski definition) is 0. The van der Waals surface area contributed by atoms with Crippen LogP contribution >= 0.6 is 11.3 Å². The molecule has 21 heavy (non-hydrogen) atoms. The third-order valence-corrected chi connectivity index (χ3v) is 4.00. The maximum Gasteiger partial charge on any atom is 0.172 e. The molecule has 4 nitrogen and oxygen atoms in total. The van der Waals surface area contributed by atoms with Crippen LogP contribution in [0.5, 0.6) is 0 Å². The van der Waals surface area contributed by atoms with Gasteiger partial charge in [-0.3, -0.25) is 4.79 Å². The van der Waals surface area contributed by atoms with Crippen molar-refractivity contribution in [2.24, 2.45) is 0 Å². The van der Waals surface area contributed by atoms with Gasteiger partial charge in [0.2, 0.25) is 0 Å². The number of rotatable bonds is 5. The van der Waals surface area contributed by atoms with Gasteiger partial charge in [-0.2, -0.15) is 0 Å². The fourth-order valence-corrected chi connectivity index (χ4v) is 2.84. The molecule has 2 heterocycles. The molecule has 0 aliphatic heterocycles. The normalized spacial score (nSPS) is 10.7. The van der Waals surface area contributed by atoms with E-state index in [0.717, 1.165) is 16.1 Å². The second-order valence-electron chi connectivity index (χ2n) is 4.58. The smallest absolute Gasteiger partial charge is 0.172 e. The number of nitrogens with zero attached hydrogens (tertiary/aromatic N) is 3. The lowest BCUT2D eigenvalue weighted by Gasteiger charge is -2.06. The first kappa shape index (κ1) is 13.6. The number of hydrogen-bond acceptors (Lipinski definition) is 4. The number of aldehydes is 1. The Morgan fingerprint density at radius 3 is 2.90 bits per heavy atom. The summed E-state index contributed by atoms with van der Waals surface area (Å²) in [5.74, 6) is -0.289. The summed E-state index contributed by atoms with van der Waals surface area (Å²) in [4.78, 5) is 12.2. The molecular formula is C15H12FN3OS. The predicted octanol–water partition coefficient (Wildman–Crippen LogP) is 2.93. The first-order chi connectivity index (χ1) is 10.3. The second-order valence-corrected chi connectivity index (χ2v) is 5.62. The Labute approximate surface area is 124 Å². The van der Waals surface area contributed by atoms with Crippen molar-refractivity contribution in [2.75, 3.05) is 0 Å². The number of thiophene rings is 1. The van der Waals surface area contributed by atoms with Gasteiger partial charge < -0.3 is 0 Å². The third kappa shape index (κ3) is 3.05. The molecule has 0 fully saturated rings. The molecule has 6 heteroatoms. The van der Waals surface area contributed by atoms with Crippen LogP contribution in [-0.4, -0.2) is 21.3 Å². The van der Waals surface area contributed by atoms with Crippen molar-refractivity contribution in [1.82, 2.24) is 15.0 Å². The Balaban J connectivity index is 1.91. The SMILES string of the molecule is O=Cc1nnn(Cc2cccc(F)c2)c1Cc1cccs1. The average Bonchev–Trinajstić information content (AvgIpc) is 3.10. The van der Waals surface area contributed by atoms with Gasteiger partial charge in [0, 0.05) is 11.3 Å². The molecule has 106 valence electrons. The van der Waals surface area contributed by atoms with Gasteiger partial charge >= 0.3 is 0 Å². The van der Waals surface area contributed by atoms with E-state index in [1.165, 1.54) is 12.1 Å². The average molecular weight is 301 g/mol. The molecular weight excluding hydrogens is 289 g/mol. The van der Waals surface area contributed by atoms with Crippen LogP contribution in [0.15, 0.2) is 41.8 Å². The Morgan fingerprint density at radius 1 is 1.29 bits per heavy atom. The van der Waals surface area contributed by atoms with E-state index in [-0.39, 0.29) is 5.82 Å². The van der Waals surface area contributed by atoms with Gasteiger partial charge in [-0.05, 0) is 29.1 Å². The summed E-state index contributed by atoms with van der Waals surface area (Å²) in [5, 5.41) is 9.88. The van der Waals surface area contributed by atoms with Crippen molar-refractivity contribution in [2.45, 2.75) is 13.0 Å². The first-order valence-electron chi connectivity index (χ1n) is 6.40. The monoisotopic (exact) mass is 301 g/mol. The van der Waals surface area contributed by atoms with E-state index in [4.69, 9.17) is 0 Å². The second kappa shape index (κ2) is 5.97. The summed E-state index contributed by atoms with van der Waals surface area (Å²) in [6, 6.07) is 10.3. The fourth-order valence-electron chi connectivity index (χ4n) is 2.13. The molecule has 3 rings (SSSR count). The highest BCUT2D eigenvalue weighted by Crippen LogP contribution is 2.17. The molecule has 0 aliphatic rings. The lowest BCUT2D eigenvalue weighted by atomic mass is 10.2. The highest BCUT2D eigenvalue weighted by Gasteiger charge is 2.14. The first-order valence-corrected chi connectivity index (χ1v) is 7.28. The minimum absolute atomic E-state index is 0.289. The minimum Gasteiger partial charge on any atom is -0.296 e. The Bertz CT molecular complexity index is 752. The Morgan fingerprint density at radius 2 is 2.19 bits per heavy atom. The molecule has 0 radical (unpaired) electrons. The van der Waals surface area contributed by atoms with E-state index >= 15 is 0 Å². The molecule has 0 saturated carbocycles. The van der Waals surface area contributed by atoms with Crippen LogP contribution in [-0.2, 0) is 13.0 Å². The quantitative estimate of drug-likeness (QED) is 0.681. The van der Waals surface area contributed by atoms with Gasteiger partial charge in [0.05, 0.1) is 12.2 Å². The van der Waals surface area contributed by atoms with Crippen LogP contribution in [0.25, 0.3) is 0 Å². The van der Waals surface area contributed by atoms with E-state index < -0.39 is 0 Å². The van der Waals surface area contributed by atoms with Crippen molar-refractivity contribution in [3.8, 4) is 0 Å². The zero-order valence-corrected chi connectivity index (χ0v) is 11.9. The predicted molar refractivity (Wildman–Crippen MR) is 78.0 cm³/mol. The maximum atomic E-state index is 13.2. The van der Waals surface area contributed by atoms with Crippen molar-refractivity contribution in [1.29, 1.82) is 0 Å². The molecule has 0 saturated heterocycles. The summed E-state index contributed by atoms with van der Waals surface area (Å²) >= 11 is 1.61. The zero-order chi connectivity index (χ0) is 14.7. The molecule has 0 amide bonds. The standard InChI is InChI=1S/C15H12FN3OS/c16-12-4-1-3-11(7-12)9-19-15(14(10-20)17-18-19)8-13-5-2-6-21-13/h1-7,10H,8-9H2. The number of benzene rings is 1. The number of halogens is 1. The molecule has 0 unspecified atom stereocenters. The van der Waals surface area contributed by atoms with E-state index in [2.05, 4.69) is 10.3 Å². The maximum absolute atomic E-state index is 13.2. The highest BCUT2D eigenvalue weighted by atomic mass is 32.1. The number of carbonyl (C=O) groups is 1. The third-order valence-electron chi connectivity index (χ3n) is 3.12. The number of aromatic nitrogens is 3. The highest BCUT2D eigenvalue weighted by molar-refractivity contribution is 7.09. The summed E-state index contributed by atoms with van der Waals surface area (Å²) in [6.45, 7) is 0.388. The lowest BCUT2D eigenvalue weighted by molar-refractivity contribution is 0.111. The Kier molecular flexibility index (Phi) is 3.87. The fraction of sp³-hybridized carbons (Fsp3) is 0.133. The van der Waals surface area contributed by atoms with Gasteiger partial charge in [-0.1, -0.05) is 23.4 Å². The van der Waals surface area contributed by atoms with E-state index in [0.29, 0.717) is 24.9 Å². The molecule has 0 atom stereocenters. The molecule has 0 spiro atoms. The Hall–Kier alpha value is -2.34. The van der Waals surface area contributed by atoms with E-state index in [9.17, 15) is 9.18 Å². The van der Waals surface area contributed by atoms with Crippen molar-refractivity contribution < 1.29 is 9.18 Å². The van der Waals surface area contributed by atoms with Crippen LogP contribution in [0, 0.1) is 5.82 Å². The van der Waals surface area contributed by atoms with Crippen molar-refractivity contribution >= 4 is 17.6 Å². The van der Waals surface area contributed by atoms with Crippen molar-refractivity contribution in [3.05, 3.63) is 69.4 Å². The van der Waals surface area contributed by atoms with Gasteiger partial charge in [0.1, 0.15) is 11.5 Å². The summed E-state index contributed by atoms with van der Waals surface area (Å²) in [5.41, 5.74) is 1.86. The van der Waals surface area contributed by atoms with Crippen LogP contribution in [0.1, 0.15) is 26.6 Å². The van der Waals surface area contributed by atoms with Crippen molar-refractivity contribution in [3.63, 3.8) is 0 Å².